The molecule has 31 heavy (non-hydrogen) atoms. The van der Waals surface area contributed by atoms with Crippen molar-refractivity contribution in [1.29, 1.82) is 0 Å². The van der Waals surface area contributed by atoms with Gasteiger partial charge in [-0.05, 0) is 69.7 Å². The Morgan fingerprint density at radius 2 is 1.71 bits per heavy atom. The van der Waals surface area contributed by atoms with Gasteiger partial charge in [-0.3, -0.25) is 20.4 Å². The Morgan fingerprint density at radius 1 is 1.00 bits per heavy atom. The number of carbonyl (C=O) groups excluding carboxylic acids is 2. The Hall–Kier alpha value is -3.55. The Balaban J connectivity index is 1.41. The first kappa shape index (κ1) is 22.1. The predicted molar refractivity (Wildman–Crippen MR) is 118 cm³/mol. The highest BCUT2D eigenvalue weighted by atomic mass is 16.5. The van der Waals surface area contributed by atoms with E-state index in [2.05, 4.69) is 20.4 Å². The lowest BCUT2D eigenvalue weighted by molar-refractivity contribution is -0.122. The van der Waals surface area contributed by atoms with Crippen LogP contribution < -0.4 is 20.3 Å². The summed E-state index contributed by atoms with van der Waals surface area (Å²) in [6, 6.07) is 12.6. The minimum atomic E-state index is -0.385. The van der Waals surface area contributed by atoms with Crippen molar-refractivity contribution in [2.45, 2.75) is 40.2 Å². The molecule has 0 unspecified atom stereocenters. The molecule has 1 aromatic heterocycles. The van der Waals surface area contributed by atoms with Crippen LogP contribution >= 0.6 is 0 Å². The maximum absolute atomic E-state index is 12.3. The number of hydrogen-bond acceptors (Lipinski definition) is 5. The molecular formula is C23H28N4O4. The quantitative estimate of drug-likeness (QED) is 0.406. The van der Waals surface area contributed by atoms with E-state index in [1.54, 1.807) is 12.1 Å². The van der Waals surface area contributed by atoms with Gasteiger partial charge in [0.05, 0.1) is 24.2 Å². The van der Waals surface area contributed by atoms with E-state index in [1.807, 2.05) is 51.1 Å². The summed E-state index contributed by atoms with van der Waals surface area (Å²) in [5.74, 6) is 1.74. The number of benzene rings is 2. The molecule has 1 heterocycles. The highest BCUT2D eigenvalue weighted by Gasteiger charge is 2.12. The van der Waals surface area contributed by atoms with Gasteiger partial charge >= 0.3 is 0 Å². The zero-order valence-corrected chi connectivity index (χ0v) is 18.1. The van der Waals surface area contributed by atoms with Gasteiger partial charge in [0.15, 0.2) is 0 Å². The van der Waals surface area contributed by atoms with Gasteiger partial charge in [0.1, 0.15) is 17.3 Å². The number of carbonyl (C=O) groups is 2. The summed E-state index contributed by atoms with van der Waals surface area (Å²) in [6.07, 6.45) is 0.755. The molecule has 2 N–H and O–H groups in total. The number of fused-ring (bicyclic) bond motifs is 1. The first-order chi connectivity index (χ1) is 15.0. The SMILES string of the molecule is CCOc1ccc(OCCCC(=O)NNC(=O)c2ccc3c(c2)nc(C)n3CC)cc1. The van der Waals surface area contributed by atoms with Crippen LogP contribution in [0.25, 0.3) is 11.0 Å². The second-order valence-electron chi connectivity index (χ2n) is 6.97. The highest BCUT2D eigenvalue weighted by Crippen LogP contribution is 2.18. The molecule has 8 heteroatoms. The molecule has 3 aromatic rings. The van der Waals surface area contributed by atoms with Crippen LogP contribution in [-0.4, -0.2) is 34.6 Å². The van der Waals surface area contributed by atoms with E-state index in [9.17, 15) is 9.59 Å². The first-order valence-corrected chi connectivity index (χ1v) is 10.4. The number of hydrogen-bond donors (Lipinski definition) is 2. The van der Waals surface area contributed by atoms with E-state index in [0.29, 0.717) is 30.9 Å². The number of nitrogens with one attached hydrogen (secondary N) is 2. The number of rotatable bonds is 9. The van der Waals surface area contributed by atoms with Gasteiger partial charge in [-0.1, -0.05) is 0 Å². The predicted octanol–water partition coefficient (Wildman–Crippen LogP) is 3.38. The Bertz CT molecular complexity index is 1040. The second-order valence-corrected chi connectivity index (χ2v) is 6.97. The van der Waals surface area contributed by atoms with Crippen LogP contribution in [0.3, 0.4) is 0 Å². The Kier molecular flexibility index (Phi) is 7.48. The summed E-state index contributed by atoms with van der Waals surface area (Å²) in [5.41, 5.74) is 7.06. The third-order valence-corrected chi connectivity index (χ3v) is 4.78. The van der Waals surface area contributed by atoms with Gasteiger partial charge in [0, 0.05) is 18.5 Å². The van der Waals surface area contributed by atoms with E-state index in [0.717, 1.165) is 29.2 Å². The molecule has 0 saturated carbocycles. The molecule has 2 aromatic carbocycles. The zero-order chi connectivity index (χ0) is 22.2. The number of hydrazine groups is 1. The van der Waals surface area contributed by atoms with E-state index < -0.39 is 0 Å². The molecule has 3 rings (SSSR count). The average Bonchev–Trinajstić information content (AvgIpc) is 3.10. The highest BCUT2D eigenvalue weighted by molar-refractivity contribution is 5.98. The normalized spacial score (nSPS) is 10.7. The number of aryl methyl sites for hydroxylation is 2. The first-order valence-electron chi connectivity index (χ1n) is 10.4. The molecule has 0 spiro atoms. The summed E-state index contributed by atoms with van der Waals surface area (Å²) < 4.78 is 13.1. The smallest absolute Gasteiger partial charge is 0.269 e. The van der Waals surface area contributed by atoms with Crippen molar-refractivity contribution < 1.29 is 19.1 Å². The van der Waals surface area contributed by atoms with Crippen LogP contribution in [0.4, 0.5) is 0 Å². The van der Waals surface area contributed by atoms with Crippen molar-refractivity contribution >= 4 is 22.8 Å². The van der Waals surface area contributed by atoms with Crippen LogP contribution in [0.1, 0.15) is 42.9 Å². The number of amides is 2. The topological polar surface area (TPSA) is 94.5 Å². The number of ether oxygens (including phenoxy) is 2. The molecule has 0 bridgehead atoms. The summed E-state index contributed by atoms with van der Waals surface area (Å²) in [4.78, 5) is 28.8. The van der Waals surface area contributed by atoms with Crippen LogP contribution in [0, 0.1) is 6.92 Å². The summed E-state index contributed by atoms with van der Waals surface area (Å²) >= 11 is 0. The van der Waals surface area contributed by atoms with Crippen molar-refractivity contribution in [3.8, 4) is 11.5 Å². The van der Waals surface area contributed by atoms with Gasteiger partial charge in [-0.15, -0.1) is 0 Å². The van der Waals surface area contributed by atoms with Crippen LogP contribution in [0.2, 0.25) is 0 Å². The van der Waals surface area contributed by atoms with E-state index in [1.165, 1.54) is 0 Å². The van der Waals surface area contributed by atoms with Crippen LogP contribution in [-0.2, 0) is 11.3 Å². The molecule has 8 nitrogen and oxygen atoms in total. The lowest BCUT2D eigenvalue weighted by Gasteiger charge is -2.09. The minimum Gasteiger partial charge on any atom is -0.494 e. The maximum atomic E-state index is 12.3. The zero-order valence-electron chi connectivity index (χ0n) is 18.1. The number of aromatic nitrogens is 2. The van der Waals surface area contributed by atoms with Crippen molar-refractivity contribution in [3.05, 3.63) is 53.9 Å². The van der Waals surface area contributed by atoms with Crippen LogP contribution in [0.15, 0.2) is 42.5 Å². The summed E-state index contributed by atoms with van der Waals surface area (Å²) in [5, 5.41) is 0. The van der Waals surface area contributed by atoms with Crippen molar-refractivity contribution in [2.24, 2.45) is 0 Å². The molecule has 0 radical (unpaired) electrons. The standard InChI is InChI=1S/C23H28N4O4/c1-4-27-16(3)24-20-15-17(8-13-21(20)27)23(29)26-25-22(28)7-6-14-31-19-11-9-18(10-12-19)30-5-2/h8-13,15H,4-7,14H2,1-3H3,(H,25,28)(H,26,29). The fourth-order valence-electron chi connectivity index (χ4n) is 3.27. The summed E-state index contributed by atoms with van der Waals surface area (Å²) in [6.45, 7) is 7.73. The molecule has 0 aliphatic rings. The fraction of sp³-hybridized carbons (Fsp3) is 0.348. The Labute approximate surface area is 181 Å². The van der Waals surface area contributed by atoms with Gasteiger partial charge in [-0.2, -0.15) is 0 Å². The maximum Gasteiger partial charge on any atom is 0.269 e. The molecule has 164 valence electrons. The van der Waals surface area contributed by atoms with E-state index >= 15 is 0 Å². The molecule has 0 saturated heterocycles. The van der Waals surface area contributed by atoms with Crippen molar-refractivity contribution in [3.63, 3.8) is 0 Å². The van der Waals surface area contributed by atoms with Crippen molar-refractivity contribution in [1.82, 2.24) is 20.4 Å². The van der Waals surface area contributed by atoms with Gasteiger partial charge < -0.3 is 14.0 Å². The Morgan fingerprint density at radius 3 is 2.39 bits per heavy atom. The minimum absolute atomic E-state index is 0.233. The van der Waals surface area contributed by atoms with E-state index in [-0.39, 0.29) is 18.2 Å². The average molecular weight is 425 g/mol. The lowest BCUT2D eigenvalue weighted by atomic mass is 10.2. The number of imidazole rings is 1. The molecule has 0 aliphatic heterocycles. The second kappa shape index (κ2) is 10.5. The van der Waals surface area contributed by atoms with Gasteiger partial charge in [-0.25, -0.2) is 4.98 Å². The third-order valence-electron chi connectivity index (χ3n) is 4.78. The lowest BCUT2D eigenvalue weighted by Crippen LogP contribution is -2.41. The largest absolute Gasteiger partial charge is 0.494 e. The molecular weight excluding hydrogens is 396 g/mol. The van der Waals surface area contributed by atoms with E-state index in [4.69, 9.17) is 9.47 Å². The molecule has 0 aliphatic carbocycles. The number of nitrogens with zero attached hydrogens (tertiary/aromatic N) is 2. The van der Waals surface area contributed by atoms with Crippen molar-refractivity contribution in [2.75, 3.05) is 13.2 Å². The monoisotopic (exact) mass is 424 g/mol. The summed E-state index contributed by atoms with van der Waals surface area (Å²) in [7, 11) is 0. The molecule has 0 fully saturated rings. The van der Waals surface area contributed by atoms with Gasteiger partial charge in [0.2, 0.25) is 5.91 Å². The molecule has 2 amide bonds. The van der Waals surface area contributed by atoms with Gasteiger partial charge in [0.25, 0.3) is 5.91 Å². The van der Waals surface area contributed by atoms with Crippen LogP contribution in [0.5, 0.6) is 11.5 Å². The third kappa shape index (κ3) is 5.75. The fourth-order valence-corrected chi connectivity index (χ4v) is 3.27. The molecule has 0 atom stereocenters.